The van der Waals surface area contributed by atoms with Crippen LogP contribution in [0.5, 0.6) is 0 Å². The molecule has 1 nitrogen and oxygen atoms in total. The lowest BCUT2D eigenvalue weighted by atomic mass is 9.76. The Kier molecular flexibility index (Phi) is 6.59. The summed E-state index contributed by atoms with van der Waals surface area (Å²) in [7, 11) is 0. The summed E-state index contributed by atoms with van der Waals surface area (Å²) in [5.74, 6) is 1.21. The van der Waals surface area contributed by atoms with Crippen molar-refractivity contribution < 1.29 is 0 Å². The highest BCUT2D eigenvalue weighted by Crippen LogP contribution is 2.37. The van der Waals surface area contributed by atoms with E-state index in [1.54, 1.807) is 0 Å². The van der Waals surface area contributed by atoms with E-state index < -0.39 is 0 Å². The Labute approximate surface area is 175 Å². The quantitative estimate of drug-likeness (QED) is 0.468. The van der Waals surface area contributed by atoms with Crippen LogP contribution in [0.25, 0.3) is 6.08 Å². The molecule has 3 aromatic carbocycles. The van der Waals surface area contributed by atoms with Gasteiger partial charge in [0, 0.05) is 12.5 Å². The van der Waals surface area contributed by atoms with E-state index >= 15 is 0 Å². The fourth-order valence-electron chi connectivity index (χ4n) is 4.54. The lowest BCUT2D eigenvalue weighted by molar-refractivity contribution is 0.190. The fraction of sp³-hybridized carbons (Fsp3) is 0.286. The van der Waals surface area contributed by atoms with Gasteiger partial charge in [0.05, 0.1) is 0 Å². The Balaban J connectivity index is 1.38. The summed E-state index contributed by atoms with van der Waals surface area (Å²) in [4.78, 5) is 2.59. The van der Waals surface area contributed by atoms with Gasteiger partial charge in [-0.15, -0.1) is 0 Å². The predicted octanol–water partition coefficient (Wildman–Crippen LogP) is 6.55. The summed E-state index contributed by atoms with van der Waals surface area (Å²) in [5, 5.41) is 0. The zero-order valence-corrected chi connectivity index (χ0v) is 17.4. The molecule has 1 fully saturated rings. The van der Waals surface area contributed by atoms with Crippen molar-refractivity contribution in [1.29, 1.82) is 0 Å². The van der Waals surface area contributed by atoms with Gasteiger partial charge in [-0.3, -0.25) is 4.90 Å². The van der Waals surface area contributed by atoms with Crippen molar-refractivity contribution >= 4 is 6.08 Å². The van der Waals surface area contributed by atoms with Crippen LogP contribution in [-0.2, 0) is 0 Å². The topological polar surface area (TPSA) is 3.24 Å². The van der Waals surface area contributed by atoms with Gasteiger partial charge in [0.1, 0.15) is 0 Å². The van der Waals surface area contributed by atoms with Crippen molar-refractivity contribution in [3.8, 4) is 0 Å². The number of rotatable bonds is 6. The minimum atomic E-state index is 0.502. The molecule has 0 atom stereocenters. The van der Waals surface area contributed by atoms with E-state index in [4.69, 9.17) is 0 Å². The van der Waals surface area contributed by atoms with Crippen LogP contribution in [0.4, 0.5) is 0 Å². The average molecular weight is 382 g/mol. The molecule has 4 rings (SSSR count). The molecule has 148 valence electrons. The summed E-state index contributed by atoms with van der Waals surface area (Å²) >= 11 is 0. The van der Waals surface area contributed by atoms with E-state index in [-0.39, 0.29) is 0 Å². The second-order valence-electron chi connectivity index (χ2n) is 8.25. The molecule has 0 N–H and O–H groups in total. The molecule has 0 radical (unpaired) electrons. The molecule has 0 spiro atoms. The summed E-state index contributed by atoms with van der Waals surface area (Å²) < 4.78 is 0. The zero-order chi connectivity index (χ0) is 19.9. The Morgan fingerprint density at radius 3 is 1.90 bits per heavy atom. The Morgan fingerprint density at radius 2 is 1.34 bits per heavy atom. The summed E-state index contributed by atoms with van der Waals surface area (Å²) in [5.41, 5.74) is 5.52. The molecule has 3 aromatic rings. The van der Waals surface area contributed by atoms with Gasteiger partial charge in [-0.05, 0) is 55.5 Å². The molecular weight excluding hydrogens is 350 g/mol. The molecule has 1 heteroatoms. The van der Waals surface area contributed by atoms with Crippen molar-refractivity contribution in [2.24, 2.45) is 5.92 Å². The van der Waals surface area contributed by atoms with Crippen LogP contribution >= 0.6 is 0 Å². The maximum atomic E-state index is 2.59. The molecule has 29 heavy (non-hydrogen) atoms. The predicted molar refractivity (Wildman–Crippen MR) is 124 cm³/mol. The number of hydrogen-bond acceptors (Lipinski definition) is 1. The molecular formula is C28H31N. The third-order valence-corrected chi connectivity index (χ3v) is 6.17. The third-order valence-electron chi connectivity index (χ3n) is 6.17. The molecule has 1 saturated heterocycles. The van der Waals surface area contributed by atoms with Crippen molar-refractivity contribution in [1.82, 2.24) is 4.90 Å². The van der Waals surface area contributed by atoms with E-state index in [2.05, 4.69) is 109 Å². The van der Waals surface area contributed by atoms with Crippen LogP contribution < -0.4 is 0 Å². The van der Waals surface area contributed by atoms with Gasteiger partial charge in [-0.25, -0.2) is 0 Å². The number of piperidine rings is 1. The number of nitrogens with zero attached hydrogens (tertiary/aromatic N) is 1. The molecule has 0 unspecified atom stereocenters. The maximum absolute atomic E-state index is 2.59. The Morgan fingerprint density at radius 1 is 0.793 bits per heavy atom. The highest BCUT2D eigenvalue weighted by atomic mass is 15.1. The van der Waals surface area contributed by atoms with Crippen LogP contribution in [0.1, 0.15) is 41.0 Å². The molecule has 0 aliphatic carbocycles. The Hall–Kier alpha value is -2.64. The van der Waals surface area contributed by atoms with E-state index in [1.807, 2.05) is 0 Å². The van der Waals surface area contributed by atoms with Gasteiger partial charge >= 0.3 is 0 Å². The first-order valence-electron chi connectivity index (χ1n) is 10.8. The SMILES string of the molecule is Cc1ccc(C=CCN2CCC(C(c3ccccc3)c3ccccc3)CC2)cc1. The number of benzene rings is 3. The van der Waals surface area contributed by atoms with Crippen LogP contribution in [0.2, 0.25) is 0 Å². The lowest BCUT2D eigenvalue weighted by Gasteiger charge is -2.36. The number of likely N-dealkylation sites (tertiary alicyclic amines) is 1. The van der Waals surface area contributed by atoms with Gasteiger partial charge in [0.15, 0.2) is 0 Å². The summed E-state index contributed by atoms with van der Waals surface area (Å²) in [6.07, 6.45) is 7.08. The Bertz CT molecular complexity index is 849. The standard InChI is InChI=1S/C28H31N/c1-23-14-16-24(17-15-23)9-8-20-29-21-18-27(19-22-29)28(25-10-4-2-5-11-25)26-12-6-3-7-13-26/h2-17,27-28H,18-22H2,1H3. The highest BCUT2D eigenvalue weighted by molar-refractivity contribution is 5.49. The lowest BCUT2D eigenvalue weighted by Crippen LogP contribution is -2.36. The largest absolute Gasteiger partial charge is 0.300 e. The van der Waals surface area contributed by atoms with Gasteiger partial charge in [0.2, 0.25) is 0 Å². The van der Waals surface area contributed by atoms with E-state index in [0.717, 1.165) is 6.54 Å². The van der Waals surface area contributed by atoms with Crippen LogP contribution in [0, 0.1) is 12.8 Å². The van der Waals surface area contributed by atoms with E-state index in [1.165, 1.54) is 48.2 Å². The second-order valence-corrected chi connectivity index (χ2v) is 8.25. The van der Waals surface area contributed by atoms with E-state index in [0.29, 0.717) is 11.8 Å². The minimum absolute atomic E-state index is 0.502. The molecule has 1 heterocycles. The molecule has 0 saturated carbocycles. The van der Waals surface area contributed by atoms with Gasteiger partial charge in [0.25, 0.3) is 0 Å². The molecule has 1 aliphatic rings. The summed E-state index contributed by atoms with van der Waals surface area (Å²) in [6, 6.07) is 30.9. The van der Waals surface area contributed by atoms with Gasteiger partial charge in [-0.1, -0.05) is 103 Å². The van der Waals surface area contributed by atoms with Crippen LogP contribution in [0.15, 0.2) is 91.0 Å². The second kappa shape index (κ2) is 9.71. The van der Waals surface area contributed by atoms with Crippen molar-refractivity contribution in [2.75, 3.05) is 19.6 Å². The maximum Gasteiger partial charge on any atom is 0.0166 e. The van der Waals surface area contributed by atoms with Crippen molar-refractivity contribution in [3.05, 3.63) is 113 Å². The molecule has 0 amide bonds. The number of hydrogen-bond donors (Lipinski definition) is 0. The molecule has 0 bridgehead atoms. The molecule has 1 aliphatic heterocycles. The third kappa shape index (κ3) is 5.25. The van der Waals surface area contributed by atoms with E-state index in [9.17, 15) is 0 Å². The average Bonchev–Trinajstić information content (AvgIpc) is 2.78. The first-order valence-corrected chi connectivity index (χ1v) is 10.8. The first kappa shape index (κ1) is 19.7. The number of aryl methyl sites for hydroxylation is 1. The molecule has 0 aromatic heterocycles. The van der Waals surface area contributed by atoms with Crippen molar-refractivity contribution in [2.45, 2.75) is 25.7 Å². The first-order chi connectivity index (χ1) is 14.3. The normalized spacial score (nSPS) is 15.9. The van der Waals surface area contributed by atoms with Crippen molar-refractivity contribution in [3.63, 3.8) is 0 Å². The monoisotopic (exact) mass is 381 g/mol. The van der Waals surface area contributed by atoms with Crippen LogP contribution in [0.3, 0.4) is 0 Å². The van der Waals surface area contributed by atoms with Gasteiger partial charge < -0.3 is 0 Å². The van der Waals surface area contributed by atoms with Gasteiger partial charge in [-0.2, -0.15) is 0 Å². The minimum Gasteiger partial charge on any atom is -0.300 e. The van der Waals surface area contributed by atoms with Crippen LogP contribution in [-0.4, -0.2) is 24.5 Å². The highest BCUT2D eigenvalue weighted by Gasteiger charge is 2.28. The smallest absolute Gasteiger partial charge is 0.0166 e. The zero-order valence-electron chi connectivity index (χ0n) is 17.4. The summed E-state index contributed by atoms with van der Waals surface area (Å²) in [6.45, 7) is 5.54. The fourth-order valence-corrected chi connectivity index (χ4v) is 4.54.